The summed E-state index contributed by atoms with van der Waals surface area (Å²) in [5.41, 5.74) is 1.08. The minimum Gasteiger partial charge on any atom is -0.494 e. The third-order valence-corrected chi connectivity index (χ3v) is 3.53. The van der Waals surface area contributed by atoms with Gasteiger partial charge in [0.15, 0.2) is 11.6 Å². The van der Waals surface area contributed by atoms with E-state index in [2.05, 4.69) is 10.3 Å². The van der Waals surface area contributed by atoms with Gasteiger partial charge in [-0.05, 0) is 44.0 Å². The maximum Gasteiger partial charge on any atom is 0.409 e. The number of ether oxygens (including phenoxy) is 2. The number of nitrogens with one attached hydrogen (secondary N) is 1. The molecule has 144 valence electrons. The standard InChI is InChI=1S/C21H25FN2O3/c1-21(2,3)27-20(25)24-19(13-15-8-6-5-7-9-15)23-14-16-10-11-17(22)18(12-16)26-4/h5-12,14,19H,13H2,1-4H3,(H,24,25)/b23-14+. The minimum atomic E-state index is -0.602. The molecule has 1 amide bonds. The lowest BCUT2D eigenvalue weighted by atomic mass is 10.1. The van der Waals surface area contributed by atoms with Crippen LogP contribution in [0.25, 0.3) is 0 Å². The predicted octanol–water partition coefficient (Wildman–Crippen LogP) is 4.35. The number of nitrogens with zero attached hydrogens (tertiary/aromatic N) is 1. The quantitative estimate of drug-likeness (QED) is 0.767. The Hall–Kier alpha value is -2.89. The fourth-order valence-corrected chi connectivity index (χ4v) is 2.35. The molecule has 2 rings (SSSR count). The number of benzene rings is 2. The third kappa shape index (κ3) is 7.09. The van der Waals surface area contributed by atoms with Crippen LogP contribution in [0.1, 0.15) is 31.9 Å². The minimum absolute atomic E-state index is 0.138. The van der Waals surface area contributed by atoms with Crippen molar-refractivity contribution in [2.45, 2.75) is 39.0 Å². The van der Waals surface area contributed by atoms with Crippen LogP contribution in [0.3, 0.4) is 0 Å². The average Bonchev–Trinajstić information content (AvgIpc) is 2.60. The highest BCUT2D eigenvalue weighted by Gasteiger charge is 2.19. The molecule has 1 unspecified atom stereocenters. The normalized spacial score (nSPS) is 12.6. The third-order valence-electron chi connectivity index (χ3n) is 3.53. The molecule has 0 aromatic heterocycles. The smallest absolute Gasteiger partial charge is 0.409 e. The van der Waals surface area contributed by atoms with E-state index in [-0.39, 0.29) is 5.75 Å². The zero-order valence-corrected chi connectivity index (χ0v) is 16.0. The van der Waals surface area contributed by atoms with E-state index in [1.165, 1.54) is 13.2 Å². The molecule has 1 N–H and O–H groups in total. The van der Waals surface area contributed by atoms with Crippen LogP contribution < -0.4 is 10.1 Å². The van der Waals surface area contributed by atoms with Crippen molar-refractivity contribution in [2.24, 2.45) is 4.99 Å². The van der Waals surface area contributed by atoms with Crippen molar-refractivity contribution < 1.29 is 18.7 Å². The number of methoxy groups -OCH3 is 1. The van der Waals surface area contributed by atoms with Crippen molar-refractivity contribution in [1.82, 2.24) is 5.32 Å². The Morgan fingerprint density at radius 3 is 2.56 bits per heavy atom. The molecule has 2 aromatic carbocycles. The van der Waals surface area contributed by atoms with Gasteiger partial charge in [-0.3, -0.25) is 10.3 Å². The number of carbonyl (C=O) groups is 1. The van der Waals surface area contributed by atoms with E-state index >= 15 is 0 Å². The second-order valence-corrected chi connectivity index (χ2v) is 7.02. The largest absolute Gasteiger partial charge is 0.494 e. The molecule has 1 atom stereocenters. The van der Waals surface area contributed by atoms with Crippen LogP contribution in [0.2, 0.25) is 0 Å². The van der Waals surface area contributed by atoms with E-state index < -0.39 is 23.7 Å². The lowest BCUT2D eigenvalue weighted by molar-refractivity contribution is 0.0506. The van der Waals surface area contributed by atoms with E-state index in [9.17, 15) is 9.18 Å². The van der Waals surface area contributed by atoms with Crippen molar-refractivity contribution in [2.75, 3.05) is 7.11 Å². The zero-order chi connectivity index (χ0) is 19.9. The second-order valence-electron chi connectivity index (χ2n) is 7.02. The zero-order valence-electron chi connectivity index (χ0n) is 16.0. The van der Waals surface area contributed by atoms with E-state index in [1.54, 1.807) is 39.1 Å². The Morgan fingerprint density at radius 1 is 1.22 bits per heavy atom. The summed E-state index contributed by atoms with van der Waals surface area (Å²) in [5, 5.41) is 2.77. The highest BCUT2D eigenvalue weighted by atomic mass is 19.1. The van der Waals surface area contributed by atoms with Gasteiger partial charge in [-0.2, -0.15) is 0 Å². The summed E-state index contributed by atoms with van der Waals surface area (Å²) < 4.78 is 23.8. The fourth-order valence-electron chi connectivity index (χ4n) is 2.35. The van der Waals surface area contributed by atoms with E-state index in [1.807, 2.05) is 30.3 Å². The van der Waals surface area contributed by atoms with Crippen LogP contribution in [0.5, 0.6) is 5.75 Å². The molecule has 0 bridgehead atoms. The molecule has 0 saturated heterocycles. The first kappa shape index (κ1) is 20.4. The number of carbonyl (C=O) groups excluding carboxylic acids is 1. The van der Waals surface area contributed by atoms with Crippen molar-refractivity contribution in [3.05, 3.63) is 65.5 Å². The first-order chi connectivity index (χ1) is 12.8. The van der Waals surface area contributed by atoms with Gasteiger partial charge in [0, 0.05) is 12.6 Å². The van der Waals surface area contributed by atoms with Crippen molar-refractivity contribution in [3.63, 3.8) is 0 Å². The van der Waals surface area contributed by atoms with Gasteiger partial charge in [0.25, 0.3) is 0 Å². The molecular weight excluding hydrogens is 347 g/mol. The molecule has 27 heavy (non-hydrogen) atoms. The maximum absolute atomic E-state index is 13.5. The van der Waals surface area contributed by atoms with Crippen LogP contribution in [-0.2, 0) is 11.2 Å². The molecule has 0 radical (unpaired) electrons. The fraction of sp³-hybridized carbons (Fsp3) is 0.333. The number of rotatable bonds is 6. The van der Waals surface area contributed by atoms with E-state index in [0.717, 1.165) is 5.56 Å². The number of halogens is 1. The van der Waals surface area contributed by atoms with Crippen LogP contribution >= 0.6 is 0 Å². The number of hydrogen-bond acceptors (Lipinski definition) is 4. The summed E-state index contributed by atoms with van der Waals surface area (Å²) >= 11 is 0. The summed E-state index contributed by atoms with van der Waals surface area (Å²) in [6.07, 6.45) is 0.998. The summed E-state index contributed by atoms with van der Waals surface area (Å²) in [4.78, 5) is 16.6. The highest BCUT2D eigenvalue weighted by Crippen LogP contribution is 2.17. The van der Waals surface area contributed by atoms with E-state index in [0.29, 0.717) is 12.0 Å². The molecule has 0 aliphatic carbocycles. The van der Waals surface area contributed by atoms with Gasteiger partial charge in [-0.25, -0.2) is 9.18 Å². The number of hydrogen-bond donors (Lipinski definition) is 1. The Bertz CT molecular complexity index is 786. The summed E-state index contributed by atoms with van der Waals surface area (Å²) in [5.74, 6) is -0.305. The van der Waals surface area contributed by atoms with Gasteiger partial charge in [0.2, 0.25) is 0 Å². The van der Waals surface area contributed by atoms with E-state index in [4.69, 9.17) is 9.47 Å². The van der Waals surface area contributed by atoms with Crippen LogP contribution in [-0.4, -0.2) is 31.2 Å². The molecule has 0 aliphatic heterocycles. The van der Waals surface area contributed by atoms with Gasteiger partial charge < -0.3 is 9.47 Å². The monoisotopic (exact) mass is 372 g/mol. The van der Waals surface area contributed by atoms with Crippen LogP contribution in [0.4, 0.5) is 9.18 Å². The first-order valence-electron chi connectivity index (χ1n) is 8.67. The van der Waals surface area contributed by atoms with Crippen molar-refractivity contribution in [3.8, 4) is 5.75 Å². The van der Waals surface area contributed by atoms with Crippen LogP contribution in [0, 0.1) is 5.82 Å². The average molecular weight is 372 g/mol. The molecule has 0 saturated carbocycles. The molecule has 0 spiro atoms. The summed E-state index contributed by atoms with van der Waals surface area (Å²) in [7, 11) is 1.40. The molecule has 2 aromatic rings. The van der Waals surface area contributed by atoms with Gasteiger partial charge >= 0.3 is 6.09 Å². The Kier molecular flexibility index (Phi) is 6.93. The van der Waals surface area contributed by atoms with Gasteiger partial charge in [0.1, 0.15) is 11.8 Å². The molecule has 0 heterocycles. The lowest BCUT2D eigenvalue weighted by Crippen LogP contribution is -2.39. The topological polar surface area (TPSA) is 59.9 Å². The number of amides is 1. The second kappa shape index (κ2) is 9.16. The molecule has 0 aliphatic rings. The van der Waals surface area contributed by atoms with Crippen LogP contribution in [0.15, 0.2) is 53.5 Å². The molecule has 5 nitrogen and oxygen atoms in total. The molecule has 0 fully saturated rings. The molecular formula is C21H25FN2O3. The number of aliphatic imine (C=N–C) groups is 1. The predicted molar refractivity (Wildman–Crippen MR) is 104 cm³/mol. The summed E-state index contributed by atoms with van der Waals surface area (Å²) in [6, 6.07) is 14.1. The van der Waals surface area contributed by atoms with Crippen molar-refractivity contribution in [1.29, 1.82) is 0 Å². The SMILES string of the molecule is COc1cc(/C=N/C(Cc2ccccc2)NC(=O)OC(C)(C)C)ccc1F. The van der Waals surface area contributed by atoms with Crippen molar-refractivity contribution >= 4 is 12.3 Å². The highest BCUT2D eigenvalue weighted by molar-refractivity contribution is 5.80. The Labute approximate surface area is 159 Å². The number of alkyl carbamates (subject to hydrolysis) is 1. The maximum atomic E-state index is 13.5. The van der Waals surface area contributed by atoms with Gasteiger partial charge in [-0.1, -0.05) is 36.4 Å². The first-order valence-corrected chi connectivity index (χ1v) is 8.67. The van der Waals surface area contributed by atoms with Gasteiger partial charge in [0.05, 0.1) is 7.11 Å². The summed E-state index contributed by atoms with van der Waals surface area (Å²) in [6.45, 7) is 5.40. The molecule has 6 heteroatoms. The Morgan fingerprint density at radius 2 is 1.93 bits per heavy atom. The Balaban J connectivity index is 2.16. The lowest BCUT2D eigenvalue weighted by Gasteiger charge is -2.22. The van der Waals surface area contributed by atoms with Gasteiger partial charge in [-0.15, -0.1) is 0 Å².